The summed E-state index contributed by atoms with van der Waals surface area (Å²) in [7, 11) is -1.75. The number of halogens is 2. The lowest BCUT2D eigenvalue weighted by Crippen LogP contribution is -2.11. The molecule has 0 amide bonds. The van der Waals surface area contributed by atoms with Gasteiger partial charge in [-0.25, -0.2) is 32.3 Å². The molecule has 0 radical (unpaired) electrons. The highest BCUT2D eigenvalue weighted by Crippen LogP contribution is 2.38. The highest BCUT2D eigenvalue weighted by atomic mass is 32.2. The lowest BCUT2D eigenvalue weighted by atomic mass is 10.1. The van der Waals surface area contributed by atoms with Gasteiger partial charge in [0.2, 0.25) is 28.6 Å². The largest absolute Gasteiger partial charge is 0.478 e. The van der Waals surface area contributed by atoms with Crippen molar-refractivity contribution < 1.29 is 31.4 Å². The molecule has 0 saturated carbocycles. The van der Waals surface area contributed by atoms with Crippen LogP contribution in [0.2, 0.25) is 0 Å². The summed E-state index contributed by atoms with van der Waals surface area (Å²) >= 11 is 0. The summed E-state index contributed by atoms with van der Waals surface area (Å²) in [5, 5.41) is 5.47. The van der Waals surface area contributed by atoms with E-state index in [4.69, 9.17) is 19.3 Å². The monoisotopic (exact) mass is 478 g/mol. The Hall–Kier alpha value is -3.91. The number of aromatic nitrogens is 5. The average Bonchev–Trinajstić information content (AvgIpc) is 3.20. The van der Waals surface area contributed by atoms with Crippen LogP contribution in [0.5, 0.6) is 17.5 Å². The van der Waals surface area contributed by atoms with Gasteiger partial charge in [0.1, 0.15) is 10.7 Å². The quantitative estimate of drug-likeness (QED) is 0.421. The van der Waals surface area contributed by atoms with E-state index in [0.717, 1.165) is 12.3 Å². The van der Waals surface area contributed by atoms with Crippen LogP contribution in [0.25, 0.3) is 28.2 Å². The fraction of sp³-hybridized carbons (Fsp3) is 0.158. The van der Waals surface area contributed by atoms with Crippen LogP contribution in [-0.2, 0) is 10.0 Å². The third-order valence-corrected chi connectivity index (χ3v) is 5.51. The Balaban J connectivity index is 2.14. The third-order valence-electron chi connectivity index (χ3n) is 4.57. The van der Waals surface area contributed by atoms with Crippen molar-refractivity contribution in [2.75, 3.05) is 21.1 Å². The zero-order chi connectivity index (χ0) is 23.8. The standard InChI is InChI=1S/C19H16F2N6O5S/c1-30-17-15(32-9-20)18(31-2)26-19(25-17)27-8-12(33(22,28)29)10-4-5-11(21)13(14(10)27)16-23-6-3-7-24-16/h3-8H,9H2,1-2H3,(H2,22,28,29). The number of fused-ring (bicyclic) bond motifs is 1. The van der Waals surface area contributed by atoms with Crippen molar-refractivity contribution in [3.05, 3.63) is 42.6 Å². The first kappa shape index (κ1) is 22.3. The van der Waals surface area contributed by atoms with Crippen molar-refractivity contribution in [2.24, 2.45) is 5.14 Å². The lowest BCUT2D eigenvalue weighted by molar-refractivity contribution is 0.173. The topological polar surface area (TPSA) is 144 Å². The molecule has 0 aliphatic heterocycles. The summed E-state index contributed by atoms with van der Waals surface area (Å²) < 4.78 is 68.8. The second-order valence-corrected chi connectivity index (χ2v) is 7.95. The summed E-state index contributed by atoms with van der Waals surface area (Å²) in [4.78, 5) is 16.1. The molecule has 0 aliphatic rings. The number of alkyl halides is 1. The molecule has 4 rings (SSSR count). The minimum atomic E-state index is -4.25. The summed E-state index contributed by atoms with van der Waals surface area (Å²) in [6.07, 6.45) is 3.93. The van der Waals surface area contributed by atoms with Gasteiger partial charge in [-0.15, -0.1) is 0 Å². The number of rotatable bonds is 7. The lowest BCUT2D eigenvalue weighted by Gasteiger charge is -2.14. The molecular weight excluding hydrogens is 462 g/mol. The second kappa shape index (κ2) is 8.55. The molecule has 3 heterocycles. The second-order valence-electron chi connectivity index (χ2n) is 6.42. The highest BCUT2D eigenvalue weighted by Gasteiger charge is 2.27. The Morgan fingerprint density at radius 1 is 1.09 bits per heavy atom. The molecule has 0 spiro atoms. The van der Waals surface area contributed by atoms with Crippen molar-refractivity contribution >= 4 is 20.9 Å². The van der Waals surface area contributed by atoms with Crippen LogP contribution in [0.15, 0.2) is 41.7 Å². The van der Waals surface area contributed by atoms with Gasteiger partial charge in [-0.1, -0.05) is 0 Å². The fourth-order valence-electron chi connectivity index (χ4n) is 3.25. The van der Waals surface area contributed by atoms with Gasteiger partial charge in [0.25, 0.3) is 11.8 Å². The molecule has 11 nitrogen and oxygen atoms in total. The molecule has 172 valence electrons. The van der Waals surface area contributed by atoms with E-state index in [0.29, 0.717) is 0 Å². The first-order valence-electron chi connectivity index (χ1n) is 9.13. The van der Waals surface area contributed by atoms with E-state index in [1.165, 1.54) is 37.2 Å². The first-order valence-corrected chi connectivity index (χ1v) is 10.7. The molecular formula is C19H16F2N6O5S. The molecule has 1 aromatic carbocycles. The number of primary sulfonamides is 1. The SMILES string of the molecule is COc1nc(-n2cc(S(N)(=O)=O)c3ccc(F)c(-c4ncccn4)c32)nc(OC)c1OCF. The molecule has 0 bridgehead atoms. The molecule has 14 heteroatoms. The van der Waals surface area contributed by atoms with Crippen molar-refractivity contribution in [3.63, 3.8) is 0 Å². The number of sulfonamides is 1. The third kappa shape index (κ3) is 3.89. The van der Waals surface area contributed by atoms with E-state index in [1.54, 1.807) is 6.07 Å². The van der Waals surface area contributed by atoms with Gasteiger partial charge in [-0.2, -0.15) is 9.97 Å². The van der Waals surface area contributed by atoms with Gasteiger partial charge in [0.15, 0.2) is 5.82 Å². The fourth-order valence-corrected chi connectivity index (χ4v) is 3.98. The van der Waals surface area contributed by atoms with Crippen LogP contribution in [0.4, 0.5) is 8.78 Å². The maximum atomic E-state index is 15.0. The van der Waals surface area contributed by atoms with Gasteiger partial charge in [0, 0.05) is 24.0 Å². The maximum Gasteiger partial charge on any atom is 0.266 e. The van der Waals surface area contributed by atoms with Gasteiger partial charge >= 0.3 is 0 Å². The number of nitrogens with zero attached hydrogens (tertiary/aromatic N) is 5. The normalized spacial score (nSPS) is 11.5. The van der Waals surface area contributed by atoms with E-state index in [9.17, 15) is 12.8 Å². The van der Waals surface area contributed by atoms with Gasteiger partial charge in [-0.3, -0.25) is 4.57 Å². The highest BCUT2D eigenvalue weighted by molar-refractivity contribution is 7.89. The Bertz CT molecular complexity index is 1420. The Morgan fingerprint density at radius 3 is 2.27 bits per heavy atom. The zero-order valence-electron chi connectivity index (χ0n) is 17.2. The predicted molar refractivity (Wildman–Crippen MR) is 111 cm³/mol. The minimum Gasteiger partial charge on any atom is -0.478 e. The smallest absolute Gasteiger partial charge is 0.266 e. The van der Waals surface area contributed by atoms with Crippen LogP contribution in [0.3, 0.4) is 0 Å². The first-order chi connectivity index (χ1) is 15.8. The molecule has 0 fully saturated rings. The average molecular weight is 478 g/mol. The van der Waals surface area contributed by atoms with E-state index in [1.807, 2.05) is 0 Å². The molecule has 0 saturated heterocycles. The van der Waals surface area contributed by atoms with E-state index in [-0.39, 0.29) is 50.6 Å². The van der Waals surface area contributed by atoms with Crippen molar-refractivity contribution in [1.29, 1.82) is 0 Å². The molecule has 33 heavy (non-hydrogen) atoms. The summed E-state index contributed by atoms with van der Waals surface area (Å²) in [6, 6.07) is 3.87. The molecule has 3 aromatic heterocycles. The number of hydrogen-bond acceptors (Lipinski definition) is 9. The summed E-state index contributed by atoms with van der Waals surface area (Å²) in [5.74, 6) is -1.57. The van der Waals surface area contributed by atoms with E-state index < -0.39 is 22.7 Å². The zero-order valence-corrected chi connectivity index (χ0v) is 18.0. The Kier molecular flexibility index (Phi) is 5.78. The molecule has 0 unspecified atom stereocenters. The van der Waals surface area contributed by atoms with Crippen molar-refractivity contribution in [1.82, 2.24) is 24.5 Å². The van der Waals surface area contributed by atoms with Gasteiger partial charge in [0.05, 0.1) is 25.3 Å². The van der Waals surface area contributed by atoms with Crippen LogP contribution in [0.1, 0.15) is 0 Å². The molecule has 0 atom stereocenters. The number of methoxy groups -OCH3 is 2. The number of nitrogens with two attached hydrogens (primary N) is 1. The van der Waals surface area contributed by atoms with Crippen LogP contribution in [0, 0.1) is 5.82 Å². The van der Waals surface area contributed by atoms with Crippen molar-refractivity contribution in [2.45, 2.75) is 4.90 Å². The van der Waals surface area contributed by atoms with Crippen LogP contribution < -0.4 is 19.3 Å². The van der Waals surface area contributed by atoms with E-state index >= 15 is 4.39 Å². The predicted octanol–water partition coefficient (Wildman–Crippen LogP) is 1.99. The Labute approximate surface area is 185 Å². The molecule has 4 aromatic rings. The molecule has 0 aliphatic carbocycles. The van der Waals surface area contributed by atoms with Crippen LogP contribution in [-0.4, -0.2) is 54.0 Å². The number of hydrogen-bond donors (Lipinski definition) is 1. The Morgan fingerprint density at radius 2 is 1.73 bits per heavy atom. The number of ether oxygens (including phenoxy) is 3. The number of benzene rings is 1. The van der Waals surface area contributed by atoms with Gasteiger partial charge in [-0.05, 0) is 18.2 Å². The molecule has 2 N–H and O–H groups in total. The minimum absolute atomic E-state index is 0.0165. The summed E-state index contributed by atoms with van der Waals surface area (Å²) in [5.41, 5.74) is -0.0953. The van der Waals surface area contributed by atoms with Crippen molar-refractivity contribution in [3.8, 4) is 34.8 Å². The summed E-state index contributed by atoms with van der Waals surface area (Å²) in [6.45, 7) is -1.21. The van der Waals surface area contributed by atoms with E-state index in [2.05, 4.69) is 19.9 Å². The van der Waals surface area contributed by atoms with Gasteiger partial charge < -0.3 is 14.2 Å². The maximum absolute atomic E-state index is 15.0. The van der Waals surface area contributed by atoms with Crippen LogP contribution >= 0.6 is 0 Å².